The van der Waals surface area contributed by atoms with E-state index in [1.807, 2.05) is 103 Å². The fourth-order valence-electron chi connectivity index (χ4n) is 6.12. The summed E-state index contributed by atoms with van der Waals surface area (Å²) in [7, 11) is 0. The summed E-state index contributed by atoms with van der Waals surface area (Å²) in [5.41, 5.74) is 7.78. The summed E-state index contributed by atoms with van der Waals surface area (Å²) in [4.78, 5) is 33.9. The molecule has 5 heteroatoms. The number of carbonyl (C=O) groups is 2. The Hall–Kier alpha value is -5.81. The molecular weight excluding hydrogens is 518 g/mol. The Kier molecular flexibility index (Phi) is 5.37. The van der Waals surface area contributed by atoms with Crippen molar-refractivity contribution in [1.82, 2.24) is 9.55 Å². The van der Waals surface area contributed by atoms with Crippen molar-refractivity contribution in [2.24, 2.45) is 0 Å². The Labute approximate surface area is 241 Å². The summed E-state index contributed by atoms with van der Waals surface area (Å²) >= 11 is 0. The Morgan fingerprint density at radius 1 is 0.524 bits per heavy atom. The van der Waals surface area contributed by atoms with Crippen LogP contribution in [-0.2, 0) is 0 Å². The molecule has 0 atom stereocenters. The number of carbonyl (C=O) groups excluding carboxylic acids is 2. The number of hydrogen-bond donors (Lipinski definition) is 0. The standard InChI is InChI=1S/C37H23N3O2/c41-36-30-15-9-18-33(34(30)37(42)39(36)26-21-19-25(20-22-26)24-10-2-1-3-11-24)40-32-17-5-4-12-27(32)28-13-8-14-29(35(28)40)31-16-6-7-23-38-31/h1-23H. The summed E-state index contributed by atoms with van der Waals surface area (Å²) in [6, 6.07) is 43.3. The zero-order valence-electron chi connectivity index (χ0n) is 22.4. The van der Waals surface area contributed by atoms with Crippen LogP contribution in [0.4, 0.5) is 5.69 Å². The van der Waals surface area contributed by atoms with Crippen LogP contribution < -0.4 is 4.90 Å². The van der Waals surface area contributed by atoms with Gasteiger partial charge in [0.15, 0.2) is 0 Å². The normalized spacial score (nSPS) is 12.8. The maximum atomic E-state index is 14.2. The second-order valence-corrected chi connectivity index (χ2v) is 10.3. The van der Waals surface area contributed by atoms with Gasteiger partial charge < -0.3 is 4.57 Å². The van der Waals surface area contributed by atoms with Gasteiger partial charge in [0.05, 0.1) is 39.2 Å². The highest BCUT2D eigenvalue weighted by Crippen LogP contribution is 2.40. The van der Waals surface area contributed by atoms with Crippen molar-refractivity contribution in [2.75, 3.05) is 4.90 Å². The minimum Gasteiger partial charge on any atom is -0.308 e. The van der Waals surface area contributed by atoms with Crippen LogP contribution in [0.15, 0.2) is 140 Å². The van der Waals surface area contributed by atoms with Gasteiger partial charge in [0, 0.05) is 22.5 Å². The molecule has 0 saturated carbocycles. The van der Waals surface area contributed by atoms with E-state index in [2.05, 4.69) is 33.8 Å². The third-order valence-electron chi connectivity index (χ3n) is 8.00. The minimum absolute atomic E-state index is 0.324. The van der Waals surface area contributed by atoms with Gasteiger partial charge in [0.1, 0.15) is 0 Å². The van der Waals surface area contributed by atoms with Crippen LogP contribution >= 0.6 is 0 Å². The maximum absolute atomic E-state index is 14.2. The number of fused-ring (bicyclic) bond motifs is 4. The van der Waals surface area contributed by atoms with Gasteiger partial charge >= 0.3 is 0 Å². The number of nitrogens with zero attached hydrogens (tertiary/aromatic N) is 3. The van der Waals surface area contributed by atoms with E-state index in [4.69, 9.17) is 0 Å². The lowest BCUT2D eigenvalue weighted by Crippen LogP contribution is -2.29. The zero-order chi connectivity index (χ0) is 28.2. The van der Waals surface area contributed by atoms with Crippen LogP contribution in [-0.4, -0.2) is 21.4 Å². The molecule has 1 aliphatic rings. The van der Waals surface area contributed by atoms with E-state index in [0.29, 0.717) is 22.5 Å². The van der Waals surface area contributed by atoms with Crippen molar-refractivity contribution in [2.45, 2.75) is 0 Å². The van der Waals surface area contributed by atoms with Gasteiger partial charge in [-0.1, -0.05) is 91.0 Å². The topological polar surface area (TPSA) is 55.2 Å². The van der Waals surface area contributed by atoms with Crippen LogP contribution in [0.3, 0.4) is 0 Å². The summed E-state index contributed by atoms with van der Waals surface area (Å²) in [5, 5.41) is 2.12. The van der Waals surface area contributed by atoms with E-state index in [-0.39, 0.29) is 11.8 Å². The molecule has 2 aromatic heterocycles. The summed E-state index contributed by atoms with van der Waals surface area (Å²) in [5.74, 6) is -0.658. The van der Waals surface area contributed by atoms with E-state index in [1.54, 1.807) is 12.3 Å². The van der Waals surface area contributed by atoms with Gasteiger partial charge in [0.25, 0.3) is 11.8 Å². The predicted octanol–water partition coefficient (Wildman–Crippen LogP) is 8.31. The second kappa shape index (κ2) is 9.39. The van der Waals surface area contributed by atoms with Crippen molar-refractivity contribution in [3.8, 4) is 28.1 Å². The van der Waals surface area contributed by atoms with Crippen molar-refractivity contribution in [1.29, 1.82) is 0 Å². The molecule has 0 fully saturated rings. The van der Waals surface area contributed by atoms with Crippen molar-refractivity contribution >= 4 is 39.3 Å². The average molecular weight is 542 g/mol. The number of anilines is 1. The highest BCUT2D eigenvalue weighted by molar-refractivity contribution is 6.36. The Bertz CT molecular complexity index is 2170. The largest absolute Gasteiger partial charge is 0.308 e. The Morgan fingerprint density at radius 3 is 2.02 bits per heavy atom. The van der Waals surface area contributed by atoms with E-state index in [0.717, 1.165) is 44.2 Å². The highest BCUT2D eigenvalue weighted by atomic mass is 16.2. The molecule has 42 heavy (non-hydrogen) atoms. The number of imide groups is 1. The van der Waals surface area contributed by atoms with Gasteiger partial charge in [-0.2, -0.15) is 0 Å². The first-order valence-corrected chi connectivity index (χ1v) is 13.8. The van der Waals surface area contributed by atoms with Crippen LogP contribution in [0.25, 0.3) is 49.9 Å². The second-order valence-electron chi connectivity index (χ2n) is 10.3. The monoisotopic (exact) mass is 541 g/mol. The summed E-state index contributed by atoms with van der Waals surface area (Å²) in [6.45, 7) is 0. The molecule has 0 unspecified atom stereocenters. The van der Waals surface area contributed by atoms with Gasteiger partial charge in [0.2, 0.25) is 0 Å². The van der Waals surface area contributed by atoms with Gasteiger partial charge in [-0.3, -0.25) is 14.6 Å². The molecule has 7 aromatic rings. The molecule has 0 saturated heterocycles. The van der Waals surface area contributed by atoms with Gasteiger partial charge in [-0.05, 0) is 53.6 Å². The molecule has 0 aliphatic carbocycles. The van der Waals surface area contributed by atoms with Crippen LogP contribution in [0, 0.1) is 0 Å². The molecule has 0 spiro atoms. The summed E-state index contributed by atoms with van der Waals surface area (Å²) < 4.78 is 2.11. The maximum Gasteiger partial charge on any atom is 0.268 e. The molecule has 2 amide bonds. The van der Waals surface area contributed by atoms with Crippen molar-refractivity contribution in [3.63, 3.8) is 0 Å². The number of pyridine rings is 1. The van der Waals surface area contributed by atoms with E-state index >= 15 is 0 Å². The predicted molar refractivity (Wildman–Crippen MR) is 167 cm³/mol. The molecule has 0 N–H and O–H groups in total. The molecule has 5 aromatic carbocycles. The molecular formula is C37H23N3O2. The van der Waals surface area contributed by atoms with Crippen LogP contribution in [0.1, 0.15) is 20.7 Å². The molecule has 0 radical (unpaired) electrons. The third-order valence-corrected chi connectivity index (χ3v) is 8.00. The lowest BCUT2D eigenvalue weighted by molar-refractivity contribution is 0.0926. The molecule has 5 nitrogen and oxygen atoms in total. The zero-order valence-corrected chi connectivity index (χ0v) is 22.4. The quantitative estimate of drug-likeness (QED) is 0.211. The minimum atomic E-state index is -0.334. The van der Waals surface area contributed by atoms with Crippen LogP contribution in [0.2, 0.25) is 0 Å². The number of amides is 2. The van der Waals surface area contributed by atoms with E-state index in [1.165, 1.54) is 4.90 Å². The number of para-hydroxylation sites is 2. The number of aromatic nitrogens is 2. The number of hydrogen-bond acceptors (Lipinski definition) is 3. The highest BCUT2D eigenvalue weighted by Gasteiger charge is 2.39. The molecule has 198 valence electrons. The van der Waals surface area contributed by atoms with E-state index in [9.17, 15) is 9.59 Å². The Balaban J connectivity index is 1.32. The smallest absolute Gasteiger partial charge is 0.268 e. The van der Waals surface area contributed by atoms with Crippen molar-refractivity contribution in [3.05, 3.63) is 151 Å². The third kappa shape index (κ3) is 3.54. The Morgan fingerprint density at radius 2 is 1.21 bits per heavy atom. The SMILES string of the molecule is O=C1c2cccc(-n3c4ccccc4c4cccc(-c5ccccn5)c43)c2C(=O)N1c1ccc(-c2ccccc2)cc1. The lowest BCUT2D eigenvalue weighted by atomic mass is 10.0. The van der Waals surface area contributed by atoms with Gasteiger partial charge in [-0.25, -0.2) is 4.90 Å². The summed E-state index contributed by atoms with van der Waals surface area (Å²) in [6.07, 6.45) is 1.78. The molecule has 3 heterocycles. The first kappa shape index (κ1) is 24.0. The number of benzene rings is 5. The van der Waals surface area contributed by atoms with Gasteiger partial charge in [-0.15, -0.1) is 0 Å². The van der Waals surface area contributed by atoms with Crippen molar-refractivity contribution < 1.29 is 9.59 Å². The lowest BCUT2D eigenvalue weighted by Gasteiger charge is -2.16. The van der Waals surface area contributed by atoms with E-state index < -0.39 is 0 Å². The molecule has 8 rings (SSSR count). The molecule has 1 aliphatic heterocycles. The fraction of sp³-hybridized carbons (Fsp3) is 0. The number of rotatable bonds is 4. The first-order valence-electron chi connectivity index (χ1n) is 13.8. The fourth-order valence-corrected chi connectivity index (χ4v) is 6.12. The van der Waals surface area contributed by atoms with Crippen LogP contribution in [0.5, 0.6) is 0 Å². The molecule has 0 bridgehead atoms. The average Bonchev–Trinajstić information content (AvgIpc) is 3.53. The first-order chi connectivity index (χ1) is 20.7.